The molecule has 1 heterocycles. The highest BCUT2D eigenvalue weighted by Crippen LogP contribution is 2.29. The maximum absolute atomic E-state index is 10.3. The van der Waals surface area contributed by atoms with E-state index in [-0.39, 0.29) is 6.04 Å². The fourth-order valence-electron chi connectivity index (χ4n) is 2.71. The van der Waals surface area contributed by atoms with Gasteiger partial charge in [-0.1, -0.05) is 44.7 Å². The second-order valence-electron chi connectivity index (χ2n) is 7.87. The zero-order valence-electron chi connectivity index (χ0n) is 20.2. The zero-order valence-corrected chi connectivity index (χ0v) is 21.0. The molecule has 0 radical (unpaired) electrons. The van der Waals surface area contributed by atoms with Crippen molar-refractivity contribution in [3.8, 4) is 0 Å². The summed E-state index contributed by atoms with van der Waals surface area (Å²) in [5.74, 6) is 0.630. The van der Waals surface area contributed by atoms with Crippen LogP contribution in [0.2, 0.25) is 0 Å². The van der Waals surface area contributed by atoms with Crippen LogP contribution in [-0.4, -0.2) is 49.8 Å². The van der Waals surface area contributed by atoms with Crippen molar-refractivity contribution < 1.29 is 4.79 Å². The molecule has 3 N–H and O–H groups in total. The molecule has 0 aliphatic carbocycles. The van der Waals surface area contributed by atoms with E-state index in [0.29, 0.717) is 12.0 Å². The number of rotatable bonds is 8. The van der Waals surface area contributed by atoms with Crippen molar-refractivity contribution in [1.82, 2.24) is 10.2 Å². The first-order valence-corrected chi connectivity index (χ1v) is 12.0. The zero-order chi connectivity index (χ0) is 23.8. The van der Waals surface area contributed by atoms with Crippen molar-refractivity contribution in [2.75, 3.05) is 19.8 Å². The Bertz CT molecular complexity index is 663. The lowest BCUT2D eigenvalue weighted by Gasteiger charge is -2.15. The van der Waals surface area contributed by atoms with Gasteiger partial charge in [0.05, 0.1) is 11.7 Å². The van der Waals surface area contributed by atoms with E-state index in [1.54, 1.807) is 18.0 Å². The van der Waals surface area contributed by atoms with Gasteiger partial charge in [-0.05, 0) is 70.0 Å². The number of thioether (sulfide) groups is 1. The summed E-state index contributed by atoms with van der Waals surface area (Å²) in [5.41, 5.74) is 8.91. The second kappa shape index (κ2) is 16.8. The highest BCUT2D eigenvalue weighted by Gasteiger charge is 2.19. The van der Waals surface area contributed by atoms with Crippen LogP contribution in [0, 0.1) is 5.92 Å². The van der Waals surface area contributed by atoms with Crippen LogP contribution in [0.15, 0.2) is 47.7 Å². The van der Waals surface area contributed by atoms with Gasteiger partial charge >= 0.3 is 0 Å². The predicted octanol–water partition coefficient (Wildman–Crippen LogP) is 4.94. The lowest BCUT2D eigenvalue weighted by Crippen LogP contribution is -2.24. The minimum Gasteiger partial charge on any atom is -0.368 e. The first-order chi connectivity index (χ1) is 14.7. The summed E-state index contributed by atoms with van der Waals surface area (Å²) in [4.78, 5) is 17.4. The predicted molar refractivity (Wildman–Crippen MR) is 139 cm³/mol. The third-order valence-corrected chi connectivity index (χ3v) is 6.09. The smallest absolute Gasteiger partial charge is 0.142 e. The molecule has 2 atom stereocenters. The number of nitrogens with one attached hydrogen (secondary N) is 1. The van der Waals surface area contributed by atoms with Gasteiger partial charge < -0.3 is 20.7 Å². The third-order valence-electron chi connectivity index (χ3n) is 5.15. The number of carbonyl (C=O) groups excluding carboxylic acids is 1. The number of benzene rings is 1. The molecule has 0 aromatic heterocycles. The quantitative estimate of drug-likeness (QED) is 0.437. The number of nitrogens with zero attached hydrogens (tertiary/aromatic N) is 2. The molecule has 0 saturated carbocycles. The number of aliphatic imine (C=N–C) groups is 1. The van der Waals surface area contributed by atoms with Gasteiger partial charge in [-0.3, -0.25) is 4.99 Å². The maximum Gasteiger partial charge on any atom is 0.142 e. The molecule has 31 heavy (non-hydrogen) atoms. The molecule has 174 valence electrons. The van der Waals surface area contributed by atoms with Gasteiger partial charge in [-0.15, -0.1) is 11.8 Å². The van der Waals surface area contributed by atoms with Crippen molar-refractivity contribution in [2.45, 2.75) is 59.2 Å². The summed E-state index contributed by atoms with van der Waals surface area (Å²) >= 11 is 1.71. The molecule has 6 heteroatoms. The number of allylic oxidation sites excluding steroid dienone is 1. The van der Waals surface area contributed by atoms with E-state index in [4.69, 9.17) is 5.73 Å². The summed E-state index contributed by atoms with van der Waals surface area (Å²) in [5, 5.41) is 3.13. The molecular weight excluding hydrogens is 404 g/mol. The Labute approximate surface area is 194 Å². The Morgan fingerprint density at radius 3 is 2.29 bits per heavy atom. The monoisotopic (exact) mass is 446 g/mol. The van der Waals surface area contributed by atoms with Crippen LogP contribution in [-0.2, 0) is 11.3 Å². The van der Waals surface area contributed by atoms with Crippen LogP contribution in [0.1, 0.15) is 51.7 Å². The highest BCUT2D eigenvalue weighted by atomic mass is 32.2. The molecule has 1 aromatic rings. The van der Waals surface area contributed by atoms with Crippen molar-refractivity contribution in [3.63, 3.8) is 0 Å². The van der Waals surface area contributed by atoms with Crippen molar-refractivity contribution in [1.29, 1.82) is 0 Å². The lowest BCUT2D eigenvalue weighted by molar-refractivity contribution is -0.110. The second-order valence-corrected chi connectivity index (χ2v) is 8.69. The Balaban J connectivity index is 0.000000503. The van der Waals surface area contributed by atoms with Crippen LogP contribution in [0.25, 0.3) is 4.91 Å². The molecule has 2 rings (SSSR count). The summed E-state index contributed by atoms with van der Waals surface area (Å²) in [6.07, 6.45) is 6.91. The van der Waals surface area contributed by atoms with E-state index in [2.05, 4.69) is 68.0 Å². The molecule has 0 spiro atoms. The average molecular weight is 447 g/mol. The number of aldehydes is 1. The van der Waals surface area contributed by atoms with Crippen LogP contribution < -0.4 is 11.1 Å². The van der Waals surface area contributed by atoms with Gasteiger partial charge in [-0.2, -0.15) is 0 Å². The molecule has 5 nitrogen and oxygen atoms in total. The lowest BCUT2D eigenvalue weighted by atomic mass is 10.1. The van der Waals surface area contributed by atoms with Crippen LogP contribution in [0.5, 0.6) is 0 Å². The first kappa shape index (κ1) is 29.1. The number of hydrogen-bond acceptors (Lipinski definition) is 6. The van der Waals surface area contributed by atoms with Crippen molar-refractivity contribution in [2.24, 2.45) is 16.6 Å². The van der Waals surface area contributed by atoms with Gasteiger partial charge in [0.15, 0.2) is 0 Å². The maximum atomic E-state index is 10.3. The van der Waals surface area contributed by atoms with E-state index in [1.807, 2.05) is 25.8 Å². The Morgan fingerprint density at radius 1 is 1.35 bits per heavy atom. The third kappa shape index (κ3) is 11.3. The molecule has 1 fully saturated rings. The fraction of sp³-hybridized carbons (Fsp3) is 0.520. The molecule has 1 aliphatic heterocycles. The van der Waals surface area contributed by atoms with E-state index in [9.17, 15) is 4.79 Å². The SMILES string of the molecule is C=CN1CCCC1C=O.C=N/C(C)=C(\SC)c1ccc(CNC)cc1.CC(C)C(C)N. The summed E-state index contributed by atoms with van der Waals surface area (Å²) in [6, 6.07) is 9.00. The first-order valence-electron chi connectivity index (χ1n) is 10.8. The van der Waals surface area contributed by atoms with E-state index >= 15 is 0 Å². The van der Waals surface area contributed by atoms with E-state index in [1.165, 1.54) is 16.0 Å². The minimum absolute atomic E-state index is 0.113. The van der Waals surface area contributed by atoms with Crippen LogP contribution >= 0.6 is 11.8 Å². The molecule has 0 bridgehead atoms. The highest BCUT2D eigenvalue weighted by molar-refractivity contribution is 8.07. The number of nitrogens with two attached hydrogens (primary N) is 1. The van der Waals surface area contributed by atoms with Gasteiger partial charge in [0.2, 0.25) is 0 Å². The van der Waals surface area contributed by atoms with Gasteiger partial charge in [-0.25, -0.2) is 0 Å². The number of likely N-dealkylation sites (tertiary alicyclic amines) is 1. The molecule has 1 aliphatic rings. The van der Waals surface area contributed by atoms with Crippen molar-refractivity contribution >= 4 is 29.7 Å². The van der Waals surface area contributed by atoms with Gasteiger partial charge in [0.25, 0.3) is 0 Å². The molecule has 1 saturated heterocycles. The molecule has 2 unspecified atom stereocenters. The summed E-state index contributed by atoms with van der Waals surface area (Å²) in [7, 11) is 1.95. The normalized spacial score (nSPS) is 16.9. The largest absolute Gasteiger partial charge is 0.368 e. The Hall–Kier alpha value is -1.89. The van der Waals surface area contributed by atoms with E-state index < -0.39 is 0 Å². The topological polar surface area (TPSA) is 70.7 Å². The standard InChI is InChI=1S/C13H18N2S.C7H11NO.C5H13N/c1-10(15-3)13(16-4)12-7-5-11(6-8-12)9-14-2;1-2-8-5-3-4-7(8)6-9;1-4(2)5(3)6/h5-8,14H,3,9H2,1-2,4H3;2,6-7H,1,3-5H2;4-5H,6H2,1-3H3/b13-10-;;. The van der Waals surface area contributed by atoms with Crippen LogP contribution in [0.4, 0.5) is 0 Å². The summed E-state index contributed by atoms with van der Waals surface area (Å²) < 4.78 is 0. The van der Waals surface area contributed by atoms with E-state index in [0.717, 1.165) is 37.9 Å². The minimum atomic E-state index is 0.113. The Morgan fingerprint density at radius 2 is 1.94 bits per heavy atom. The van der Waals surface area contributed by atoms with Crippen LogP contribution in [0.3, 0.4) is 0 Å². The average Bonchev–Trinajstić information content (AvgIpc) is 3.24. The Kier molecular flexibility index (Phi) is 15.7. The molecule has 0 amide bonds. The molecular formula is C25H42N4OS. The van der Waals surface area contributed by atoms with Gasteiger partial charge in [0.1, 0.15) is 6.29 Å². The van der Waals surface area contributed by atoms with Gasteiger partial charge in [0, 0.05) is 24.0 Å². The number of carbonyl (C=O) groups is 1. The summed E-state index contributed by atoms with van der Waals surface area (Å²) in [6.45, 7) is 17.3. The fourth-order valence-corrected chi connectivity index (χ4v) is 3.44. The van der Waals surface area contributed by atoms with Crippen molar-refractivity contribution in [3.05, 3.63) is 53.9 Å². The molecule has 1 aromatic carbocycles. The number of hydrogen-bond donors (Lipinski definition) is 2.